The number of benzene rings is 1. The first kappa shape index (κ1) is 14.8. The van der Waals surface area contributed by atoms with Gasteiger partial charge in [0, 0.05) is 36.6 Å². The van der Waals surface area contributed by atoms with Gasteiger partial charge in [-0.3, -0.25) is 0 Å². The second-order valence-electron chi connectivity index (χ2n) is 6.31. The number of piperidine rings is 1. The molecule has 6 heteroatoms. The Labute approximate surface area is 140 Å². The first-order valence-corrected chi connectivity index (χ1v) is 9.09. The summed E-state index contributed by atoms with van der Waals surface area (Å²) in [6.07, 6.45) is 4.73. The van der Waals surface area contributed by atoms with Crippen molar-refractivity contribution in [1.29, 1.82) is 0 Å². The van der Waals surface area contributed by atoms with E-state index in [0.29, 0.717) is 12.0 Å². The molecule has 0 amide bonds. The van der Waals surface area contributed by atoms with Crippen LogP contribution >= 0.6 is 11.5 Å². The number of rotatable bonds is 5. The van der Waals surface area contributed by atoms with Crippen molar-refractivity contribution >= 4 is 22.4 Å². The Kier molecular flexibility index (Phi) is 4.08. The minimum Gasteiger partial charge on any atom is -0.495 e. The van der Waals surface area contributed by atoms with E-state index in [2.05, 4.69) is 31.7 Å². The number of nitrogens with zero attached hydrogens (tertiary/aromatic N) is 3. The van der Waals surface area contributed by atoms with Crippen molar-refractivity contribution < 1.29 is 4.74 Å². The third-order valence-electron chi connectivity index (χ3n) is 4.63. The van der Waals surface area contributed by atoms with Crippen molar-refractivity contribution in [2.75, 3.05) is 30.4 Å². The molecule has 1 saturated carbocycles. The van der Waals surface area contributed by atoms with Gasteiger partial charge in [-0.2, -0.15) is 4.37 Å². The highest BCUT2D eigenvalue weighted by Crippen LogP contribution is 2.39. The summed E-state index contributed by atoms with van der Waals surface area (Å²) in [5.41, 5.74) is 1.19. The zero-order chi connectivity index (χ0) is 15.6. The lowest BCUT2D eigenvalue weighted by Crippen LogP contribution is -2.39. The van der Waals surface area contributed by atoms with Crippen molar-refractivity contribution in [3.05, 3.63) is 30.1 Å². The largest absolute Gasteiger partial charge is 0.495 e. The van der Waals surface area contributed by atoms with E-state index in [1.807, 2.05) is 12.1 Å². The van der Waals surface area contributed by atoms with Crippen LogP contribution in [0, 0.1) is 0 Å². The number of hydrogen-bond acceptors (Lipinski definition) is 6. The van der Waals surface area contributed by atoms with E-state index in [1.54, 1.807) is 7.11 Å². The summed E-state index contributed by atoms with van der Waals surface area (Å²) in [4.78, 5) is 7.04. The number of anilines is 2. The molecule has 1 aromatic carbocycles. The summed E-state index contributed by atoms with van der Waals surface area (Å²) in [5.74, 6) is 2.63. The van der Waals surface area contributed by atoms with Crippen molar-refractivity contribution in [2.45, 2.75) is 37.6 Å². The Morgan fingerprint density at radius 2 is 1.96 bits per heavy atom. The molecule has 0 unspecified atom stereocenters. The fourth-order valence-electron chi connectivity index (χ4n) is 3.13. The summed E-state index contributed by atoms with van der Waals surface area (Å²) in [5, 5.41) is 4.56. The Bertz CT molecular complexity index is 662. The molecule has 1 aliphatic carbocycles. The highest BCUT2D eigenvalue weighted by molar-refractivity contribution is 7.09. The normalized spacial score (nSPS) is 18.9. The Balaban J connectivity index is 1.35. The second kappa shape index (κ2) is 6.35. The first-order chi connectivity index (χ1) is 11.3. The van der Waals surface area contributed by atoms with Crippen LogP contribution in [0.5, 0.6) is 5.75 Å². The van der Waals surface area contributed by atoms with Crippen LogP contribution in [0.4, 0.5) is 10.8 Å². The topological polar surface area (TPSA) is 50.3 Å². The van der Waals surface area contributed by atoms with E-state index in [4.69, 9.17) is 4.74 Å². The standard InChI is InChI=1S/C17H22N4OS/c1-22-15-5-3-2-4-14(15)21-10-8-13(9-11-21)18-17-19-16(20-23-17)12-6-7-12/h2-5,12-13H,6-11H2,1H3,(H,18,19,20). The van der Waals surface area contributed by atoms with E-state index < -0.39 is 0 Å². The second-order valence-corrected chi connectivity index (χ2v) is 7.06. The van der Waals surface area contributed by atoms with E-state index in [9.17, 15) is 0 Å². The fourth-order valence-corrected chi connectivity index (χ4v) is 3.85. The average molecular weight is 330 g/mol. The molecule has 0 radical (unpaired) electrons. The molecule has 2 aliphatic rings. The molecule has 2 fully saturated rings. The maximum atomic E-state index is 5.48. The lowest BCUT2D eigenvalue weighted by atomic mass is 10.0. The zero-order valence-electron chi connectivity index (χ0n) is 13.4. The summed E-state index contributed by atoms with van der Waals surface area (Å²) in [6.45, 7) is 2.07. The van der Waals surface area contributed by atoms with E-state index >= 15 is 0 Å². The minimum atomic E-state index is 0.487. The summed E-state index contributed by atoms with van der Waals surface area (Å²) < 4.78 is 9.95. The van der Waals surface area contributed by atoms with Crippen LogP contribution < -0.4 is 15.0 Å². The van der Waals surface area contributed by atoms with Crippen molar-refractivity contribution in [2.24, 2.45) is 0 Å². The Hall–Kier alpha value is -1.82. The van der Waals surface area contributed by atoms with Gasteiger partial charge in [-0.25, -0.2) is 4.98 Å². The molecular formula is C17H22N4OS. The van der Waals surface area contributed by atoms with Crippen LogP contribution in [0.15, 0.2) is 24.3 Å². The SMILES string of the molecule is COc1ccccc1N1CCC(Nc2nc(C3CC3)ns2)CC1. The molecule has 2 aromatic rings. The van der Waals surface area contributed by atoms with Gasteiger partial charge < -0.3 is 15.0 Å². The lowest BCUT2D eigenvalue weighted by molar-refractivity contribution is 0.411. The Morgan fingerprint density at radius 3 is 2.70 bits per heavy atom. The predicted octanol–water partition coefficient (Wildman–Crippen LogP) is 3.51. The molecule has 0 atom stereocenters. The summed E-state index contributed by atoms with van der Waals surface area (Å²) in [7, 11) is 1.74. The molecule has 1 aromatic heterocycles. The van der Waals surface area contributed by atoms with Gasteiger partial charge >= 0.3 is 0 Å². The smallest absolute Gasteiger partial charge is 0.202 e. The highest BCUT2D eigenvalue weighted by atomic mass is 32.1. The number of hydrogen-bond donors (Lipinski definition) is 1. The number of aromatic nitrogens is 2. The number of methoxy groups -OCH3 is 1. The van der Waals surface area contributed by atoms with Crippen molar-refractivity contribution in [1.82, 2.24) is 9.36 Å². The first-order valence-electron chi connectivity index (χ1n) is 8.31. The van der Waals surface area contributed by atoms with Gasteiger partial charge in [-0.1, -0.05) is 12.1 Å². The minimum absolute atomic E-state index is 0.487. The third-order valence-corrected chi connectivity index (χ3v) is 5.29. The van der Waals surface area contributed by atoms with Crippen LogP contribution in [0.3, 0.4) is 0 Å². The lowest BCUT2D eigenvalue weighted by Gasteiger charge is -2.34. The summed E-state index contributed by atoms with van der Waals surface area (Å²) >= 11 is 1.51. The van der Waals surface area contributed by atoms with Gasteiger partial charge in [0.1, 0.15) is 11.6 Å². The maximum absolute atomic E-state index is 5.48. The average Bonchev–Trinajstić information content (AvgIpc) is 3.35. The molecule has 0 bridgehead atoms. The maximum Gasteiger partial charge on any atom is 0.202 e. The fraction of sp³-hybridized carbons (Fsp3) is 0.529. The highest BCUT2D eigenvalue weighted by Gasteiger charge is 2.28. The number of para-hydroxylation sites is 2. The van der Waals surface area contributed by atoms with Gasteiger partial charge in [0.2, 0.25) is 5.13 Å². The molecule has 4 rings (SSSR count). The zero-order valence-corrected chi connectivity index (χ0v) is 14.2. The molecule has 122 valence electrons. The molecule has 2 heterocycles. The molecule has 1 N–H and O–H groups in total. The molecular weight excluding hydrogens is 308 g/mol. The van der Waals surface area contributed by atoms with Gasteiger partial charge in [-0.15, -0.1) is 0 Å². The molecule has 1 aliphatic heterocycles. The van der Waals surface area contributed by atoms with Crippen molar-refractivity contribution in [3.63, 3.8) is 0 Å². The number of ether oxygens (including phenoxy) is 1. The summed E-state index contributed by atoms with van der Waals surface area (Å²) in [6, 6.07) is 8.74. The van der Waals surface area contributed by atoms with Crippen LogP contribution in [0.2, 0.25) is 0 Å². The van der Waals surface area contributed by atoms with Gasteiger partial charge in [0.05, 0.1) is 12.8 Å². The van der Waals surface area contributed by atoms with Gasteiger partial charge in [0.15, 0.2) is 0 Å². The van der Waals surface area contributed by atoms with E-state index in [0.717, 1.165) is 42.6 Å². The molecule has 5 nitrogen and oxygen atoms in total. The van der Waals surface area contributed by atoms with Crippen LogP contribution in [-0.2, 0) is 0 Å². The predicted molar refractivity (Wildman–Crippen MR) is 93.7 cm³/mol. The molecule has 1 saturated heterocycles. The van der Waals surface area contributed by atoms with Crippen molar-refractivity contribution in [3.8, 4) is 5.75 Å². The monoisotopic (exact) mass is 330 g/mol. The van der Waals surface area contributed by atoms with E-state index in [1.165, 1.54) is 30.1 Å². The van der Waals surface area contributed by atoms with E-state index in [-0.39, 0.29) is 0 Å². The third kappa shape index (κ3) is 3.27. The molecule has 23 heavy (non-hydrogen) atoms. The molecule has 0 spiro atoms. The van der Waals surface area contributed by atoms with Gasteiger partial charge in [0.25, 0.3) is 0 Å². The van der Waals surface area contributed by atoms with Crippen LogP contribution in [-0.4, -0.2) is 35.6 Å². The quantitative estimate of drug-likeness (QED) is 0.909. The Morgan fingerprint density at radius 1 is 1.17 bits per heavy atom. The van der Waals surface area contributed by atoms with Gasteiger partial charge in [-0.05, 0) is 37.8 Å². The van der Waals surface area contributed by atoms with Crippen LogP contribution in [0.1, 0.15) is 37.4 Å². The van der Waals surface area contributed by atoms with Crippen LogP contribution in [0.25, 0.3) is 0 Å². The number of nitrogens with one attached hydrogen (secondary N) is 1.